The number of carbonyl (C=O) groups is 1. The van der Waals surface area contributed by atoms with Crippen molar-refractivity contribution < 1.29 is 14.3 Å². The van der Waals surface area contributed by atoms with E-state index in [0.717, 1.165) is 12.8 Å². The largest absolute Gasteiger partial charge is 0.486 e. The van der Waals surface area contributed by atoms with E-state index in [0.29, 0.717) is 42.7 Å². The van der Waals surface area contributed by atoms with Gasteiger partial charge in [0.05, 0.1) is 5.56 Å². The fourth-order valence-corrected chi connectivity index (χ4v) is 3.06. The summed E-state index contributed by atoms with van der Waals surface area (Å²) >= 11 is 0. The molecule has 1 heterocycles. The fraction of sp³-hybridized carbons (Fsp3) is 0.562. The van der Waals surface area contributed by atoms with Crippen LogP contribution in [0.2, 0.25) is 0 Å². The number of ether oxygens (including phenoxy) is 2. The van der Waals surface area contributed by atoms with Gasteiger partial charge in [0.2, 0.25) is 0 Å². The molecule has 0 radical (unpaired) electrons. The summed E-state index contributed by atoms with van der Waals surface area (Å²) in [6.07, 6.45) is 4.54. The van der Waals surface area contributed by atoms with Gasteiger partial charge in [0.25, 0.3) is 5.91 Å². The Morgan fingerprint density at radius 3 is 2.90 bits per heavy atom. The van der Waals surface area contributed by atoms with Gasteiger partial charge in [-0.25, -0.2) is 0 Å². The number of nitrogens with one attached hydrogen (secondary N) is 1. The highest BCUT2D eigenvalue weighted by Crippen LogP contribution is 2.33. The maximum atomic E-state index is 12.4. The molecule has 3 rings (SSSR count). The first-order valence-corrected chi connectivity index (χ1v) is 7.68. The number of hydrogen-bond donors (Lipinski definition) is 2. The molecule has 5 nitrogen and oxygen atoms in total. The Bertz CT molecular complexity index is 518. The third-order valence-corrected chi connectivity index (χ3v) is 4.30. The van der Waals surface area contributed by atoms with Crippen LogP contribution in [0.5, 0.6) is 11.5 Å². The van der Waals surface area contributed by atoms with Gasteiger partial charge in [-0.15, -0.1) is 0 Å². The summed E-state index contributed by atoms with van der Waals surface area (Å²) in [5.41, 5.74) is 6.66. The highest BCUT2D eigenvalue weighted by Gasteiger charge is 2.24. The number of benzene rings is 1. The van der Waals surface area contributed by atoms with Crippen molar-refractivity contribution in [1.82, 2.24) is 5.32 Å². The topological polar surface area (TPSA) is 73.6 Å². The van der Waals surface area contributed by atoms with E-state index in [1.54, 1.807) is 6.07 Å². The van der Waals surface area contributed by atoms with Crippen LogP contribution in [0.25, 0.3) is 0 Å². The standard InChI is InChI=1S/C16H22N2O3/c17-13-6-2-1-4-11(13)10-18-16(19)12-5-3-7-14-15(12)21-9-8-20-14/h3,5,7,11,13H,1-2,4,6,8-10,17H2,(H,18,19). The van der Waals surface area contributed by atoms with E-state index in [1.807, 2.05) is 12.1 Å². The zero-order chi connectivity index (χ0) is 14.7. The van der Waals surface area contributed by atoms with Crippen molar-refractivity contribution in [2.24, 2.45) is 11.7 Å². The molecule has 1 aromatic rings. The summed E-state index contributed by atoms with van der Waals surface area (Å²) < 4.78 is 11.1. The molecule has 1 amide bonds. The smallest absolute Gasteiger partial charge is 0.255 e. The van der Waals surface area contributed by atoms with Crippen LogP contribution >= 0.6 is 0 Å². The molecule has 1 aliphatic carbocycles. The Morgan fingerprint density at radius 1 is 1.24 bits per heavy atom. The monoisotopic (exact) mass is 290 g/mol. The second-order valence-electron chi connectivity index (χ2n) is 5.75. The number of para-hydroxylation sites is 1. The zero-order valence-electron chi connectivity index (χ0n) is 12.1. The van der Waals surface area contributed by atoms with E-state index in [1.165, 1.54) is 12.8 Å². The molecule has 2 unspecified atom stereocenters. The molecule has 1 aromatic carbocycles. The van der Waals surface area contributed by atoms with Crippen LogP contribution in [0.3, 0.4) is 0 Å². The molecule has 0 spiro atoms. The predicted molar refractivity (Wildman–Crippen MR) is 79.7 cm³/mol. The second-order valence-corrected chi connectivity index (χ2v) is 5.75. The fourth-order valence-electron chi connectivity index (χ4n) is 3.06. The molecule has 5 heteroatoms. The summed E-state index contributed by atoms with van der Waals surface area (Å²) in [5.74, 6) is 1.45. The average molecular weight is 290 g/mol. The van der Waals surface area contributed by atoms with E-state index >= 15 is 0 Å². The van der Waals surface area contributed by atoms with Crippen molar-refractivity contribution >= 4 is 5.91 Å². The lowest BCUT2D eigenvalue weighted by atomic mass is 9.85. The quantitative estimate of drug-likeness (QED) is 0.888. The van der Waals surface area contributed by atoms with Gasteiger partial charge >= 0.3 is 0 Å². The van der Waals surface area contributed by atoms with Crippen molar-refractivity contribution in [3.05, 3.63) is 23.8 Å². The molecular weight excluding hydrogens is 268 g/mol. The van der Waals surface area contributed by atoms with Crippen molar-refractivity contribution in [3.8, 4) is 11.5 Å². The first-order chi connectivity index (χ1) is 10.3. The summed E-state index contributed by atoms with van der Waals surface area (Å²) in [7, 11) is 0. The van der Waals surface area contributed by atoms with Crippen LogP contribution in [0.15, 0.2) is 18.2 Å². The van der Waals surface area contributed by atoms with Gasteiger partial charge in [0, 0.05) is 12.6 Å². The molecule has 21 heavy (non-hydrogen) atoms. The lowest BCUT2D eigenvalue weighted by Gasteiger charge is -2.28. The van der Waals surface area contributed by atoms with Gasteiger partial charge in [-0.1, -0.05) is 18.9 Å². The molecule has 1 saturated carbocycles. The average Bonchev–Trinajstić information content (AvgIpc) is 2.53. The van der Waals surface area contributed by atoms with E-state index in [4.69, 9.17) is 15.2 Å². The van der Waals surface area contributed by atoms with Crippen LogP contribution in [0.4, 0.5) is 0 Å². The molecule has 3 N–H and O–H groups in total. The Morgan fingerprint density at radius 2 is 2.05 bits per heavy atom. The van der Waals surface area contributed by atoms with Crippen LogP contribution < -0.4 is 20.5 Å². The summed E-state index contributed by atoms with van der Waals surface area (Å²) in [6.45, 7) is 1.63. The Hall–Kier alpha value is -1.75. The number of nitrogens with two attached hydrogens (primary N) is 1. The number of amides is 1. The third kappa shape index (κ3) is 3.13. The van der Waals surface area contributed by atoms with Crippen molar-refractivity contribution in [2.75, 3.05) is 19.8 Å². The molecule has 1 fully saturated rings. The molecule has 1 aliphatic heterocycles. The van der Waals surface area contributed by atoms with Gasteiger partial charge in [0.15, 0.2) is 11.5 Å². The molecular formula is C16H22N2O3. The molecule has 2 aliphatic rings. The van der Waals surface area contributed by atoms with Crippen LogP contribution in [-0.4, -0.2) is 31.7 Å². The normalized spacial score (nSPS) is 24.4. The van der Waals surface area contributed by atoms with Gasteiger partial charge in [-0.2, -0.15) is 0 Å². The zero-order valence-corrected chi connectivity index (χ0v) is 12.1. The van der Waals surface area contributed by atoms with Crippen LogP contribution in [0, 0.1) is 5.92 Å². The highest BCUT2D eigenvalue weighted by atomic mass is 16.6. The molecule has 0 bridgehead atoms. The maximum absolute atomic E-state index is 12.4. The maximum Gasteiger partial charge on any atom is 0.255 e. The minimum absolute atomic E-state index is 0.116. The van der Waals surface area contributed by atoms with Crippen molar-refractivity contribution in [3.63, 3.8) is 0 Å². The van der Waals surface area contributed by atoms with Crippen LogP contribution in [-0.2, 0) is 0 Å². The van der Waals surface area contributed by atoms with Crippen molar-refractivity contribution in [2.45, 2.75) is 31.7 Å². The van der Waals surface area contributed by atoms with Gasteiger partial charge in [0.1, 0.15) is 13.2 Å². The van der Waals surface area contributed by atoms with E-state index in [2.05, 4.69) is 5.32 Å². The van der Waals surface area contributed by atoms with Gasteiger partial charge < -0.3 is 20.5 Å². The highest BCUT2D eigenvalue weighted by molar-refractivity contribution is 5.97. The number of fused-ring (bicyclic) bond motifs is 1. The summed E-state index contributed by atoms with van der Waals surface area (Å²) in [5, 5.41) is 2.99. The number of rotatable bonds is 3. The first kappa shape index (κ1) is 14.2. The van der Waals surface area contributed by atoms with E-state index in [9.17, 15) is 4.79 Å². The van der Waals surface area contributed by atoms with E-state index < -0.39 is 0 Å². The van der Waals surface area contributed by atoms with E-state index in [-0.39, 0.29) is 11.9 Å². The molecule has 114 valence electrons. The molecule has 0 aromatic heterocycles. The van der Waals surface area contributed by atoms with Crippen LogP contribution in [0.1, 0.15) is 36.0 Å². The third-order valence-electron chi connectivity index (χ3n) is 4.30. The number of hydrogen-bond acceptors (Lipinski definition) is 4. The Labute approximate surface area is 124 Å². The summed E-state index contributed by atoms with van der Waals surface area (Å²) in [4.78, 5) is 12.4. The van der Waals surface area contributed by atoms with Gasteiger partial charge in [-0.3, -0.25) is 4.79 Å². The first-order valence-electron chi connectivity index (χ1n) is 7.68. The minimum Gasteiger partial charge on any atom is -0.486 e. The lowest BCUT2D eigenvalue weighted by molar-refractivity contribution is 0.0930. The number of carbonyl (C=O) groups excluding carboxylic acids is 1. The summed E-state index contributed by atoms with van der Waals surface area (Å²) in [6, 6.07) is 5.60. The molecule has 2 atom stereocenters. The Balaban J connectivity index is 1.65. The predicted octanol–water partition coefficient (Wildman–Crippen LogP) is 1.71. The Kier molecular flexibility index (Phi) is 4.29. The van der Waals surface area contributed by atoms with Crippen molar-refractivity contribution in [1.29, 1.82) is 0 Å². The molecule has 0 saturated heterocycles. The lowest BCUT2D eigenvalue weighted by Crippen LogP contribution is -2.41. The minimum atomic E-state index is -0.116. The van der Waals surface area contributed by atoms with Gasteiger partial charge in [-0.05, 0) is 30.9 Å². The SMILES string of the molecule is NC1CCCCC1CNC(=O)c1cccc2c1OCCO2. The second kappa shape index (κ2) is 6.35.